The van der Waals surface area contributed by atoms with E-state index in [9.17, 15) is 9.18 Å². The maximum Gasteiger partial charge on any atom is 0.322 e. The molecule has 0 unspecified atom stereocenters. The number of para-hydroxylation sites is 1. The molecule has 2 rings (SSSR count). The smallest absolute Gasteiger partial charge is 0.320 e. The van der Waals surface area contributed by atoms with Crippen molar-refractivity contribution in [3.63, 3.8) is 0 Å². The van der Waals surface area contributed by atoms with Crippen molar-refractivity contribution in [1.82, 2.24) is 4.90 Å². The number of carbonyl (C=O) groups excluding carboxylic acids is 1. The second-order valence-electron chi connectivity index (χ2n) is 6.59. The fraction of sp³-hybridized carbons (Fsp3) is 0.286. The summed E-state index contributed by atoms with van der Waals surface area (Å²) < 4.78 is 13.8. The van der Waals surface area contributed by atoms with Gasteiger partial charge in [-0.05, 0) is 30.5 Å². The van der Waals surface area contributed by atoms with Crippen molar-refractivity contribution in [2.24, 2.45) is 5.92 Å². The summed E-state index contributed by atoms with van der Waals surface area (Å²) in [6, 6.07) is 15.9. The molecule has 0 saturated carbocycles. The average molecular weight is 340 g/mol. The number of carbonyl (C=O) groups is 1. The molecule has 0 atom stereocenters. The topological polar surface area (TPSA) is 32.3 Å². The first kappa shape index (κ1) is 18.7. The highest BCUT2D eigenvalue weighted by Crippen LogP contribution is 2.15. The van der Waals surface area contributed by atoms with Crippen LogP contribution < -0.4 is 5.32 Å². The van der Waals surface area contributed by atoms with E-state index in [1.165, 1.54) is 6.07 Å². The molecule has 0 bridgehead atoms. The number of anilines is 1. The van der Waals surface area contributed by atoms with Crippen molar-refractivity contribution in [1.29, 1.82) is 0 Å². The molecule has 0 heterocycles. The third-order valence-electron chi connectivity index (χ3n) is 3.64. The quantitative estimate of drug-likeness (QED) is 0.748. The van der Waals surface area contributed by atoms with Crippen LogP contribution in [-0.4, -0.2) is 24.0 Å². The maximum atomic E-state index is 13.8. The van der Waals surface area contributed by atoms with Crippen LogP contribution in [0.2, 0.25) is 0 Å². The van der Waals surface area contributed by atoms with E-state index < -0.39 is 5.82 Å². The highest BCUT2D eigenvalue weighted by Gasteiger charge is 2.16. The zero-order valence-corrected chi connectivity index (χ0v) is 15.0. The van der Waals surface area contributed by atoms with Crippen LogP contribution in [0.15, 0.2) is 60.2 Å². The van der Waals surface area contributed by atoms with Crippen LogP contribution in [-0.2, 0) is 0 Å². The predicted molar refractivity (Wildman–Crippen MR) is 102 cm³/mol. The largest absolute Gasteiger partial charge is 0.322 e. The van der Waals surface area contributed by atoms with Crippen LogP contribution in [0.25, 0.3) is 6.08 Å². The van der Waals surface area contributed by atoms with E-state index in [2.05, 4.69) is 25.2 Å². The van der Waals surface area contributed by atoms with Gasteiger partial charge in [0, 0.05) is 13.1 Å². The third kappa shape index (κ3) is 6.07. The molecular weight excluding hydrogens is 315 g/mol. The van der Waals surface area contributed by atoms with Crippen molar-refractivity contribution < 1.29 is 9.18 Å². The van der Waals surface area contributed by atoms with E-state index in [0.717, 1.165) is 11.1 Å². The number of nitrogens with one attached hydrogen (secondary N) is 1. The number of hydrogen-bond acceptors (Lipinski definition) is 1. The van der Waals surface area contributed by atoms with Gasteiger partial charge < -0.3 is 10.2 Å². The lowest BCUT2D eigenvalue weighted by atomic mass is 10.1. The molecule has 0 spiro atoms. The molecule has 2 aromatic rings. The van der Waals surface area contributed by atoms with Gasteiger partial charge in [0.25, 0.3) is 0 Å². The molecule has 2 aromatic carbocycles. The van der Waals surface area contributed by atoms with Crippen molar-refractivity contribution >= 4 is 17.8 Å². The first-order valence-corrected chi connectivity index (χ1v) is 8.48. The normalized spacial score (nSPS) is 11.5. The number of benzene rings is 2. The monoisotopic (exact) mass is 340 g/mol. The van der Waals surface area contributed by atoms with Gasteiger partial charge in [-0.15, -0.1) is 0 Å². The van der Waals surface area contributed by atoms with E-state index in [4.69, 9.17) is 0 Å². The summed E-state index contributed by atoms with van der Waals surface area (Å²) in [7, 11) is 0. The zero-order chi connectivity index (χ0) is 18.2. The molecule has 0 aromatic heterocycles. The van der Waals surface area contributed by atoms with Crippen molar-refractivity contribution in [3.8, 4) is 0 Å². The number of nitrogens with zero attached hydrogens (tertiary/aromatic N) is 1. The Balaban J connectivity index is 2.11. The Hall–Kier alpha value is -2.62. The van der Waals surface area contributed by atoms with E-state index in [-0.39, 0.29) is 11.7 Å². The summed E-state index contributed by atoms with van der Waals surface area (Å²) in [6.07, 6.45) is 2.06. The molecule has 0 fully saturated rings. The summed E-state index contributed by atoms with van der Waals surface area (Å²) >= 11 is 0. The lowest BCUT2D eigenvalue weighted by Gasteiger charge is -2.25. The van der Waals surface area contributed by atoms with E-state index in [1.54, 1.807) is 23.1 Å². The minimum Gasteiger partial charge on any atom is -0.320 e. The van der Waals surface area contributed by atoms with Crippen LogP contribution >= 0.6 is 0 Å². The Kier molecular flexibility index (Phi) is 6.75. The van der Waals surface area contributed by atoms with Gasteiger partial charge in [-0.25, -0.2) is 9.18 Å². The Labute approximate surface area is 149 Å². The van der Waals surface area contributed by atoms with Crippen LogP contribution in [0.3, 0.4) is 0 Å². The molecule has 2 amide bonds. The van der Waals surface area contributed by atoms with Crippen LogP contribution in [0.1, 0.15) is 26.3 Å². The summed E-state index contributed by atoms with van der Waals surface area (Å²) in [6.45, 7) is 7.20. The standard InChI is InChI=1S/C21H25FN2O/c1-16(2)14-24(15-17(3)13-18-9-5-4-6-10-18)21(25)23-20-12-8-7-11-19(20)22/h4-13,16H,14-15H2,1-3H3,(H,23,25)/b17-13+. The summed E-state index contributed by atoms with van der Waals surface area (Å²) in [5.41, 5.74) is 2.36. The second-order valence-corrected chi connectivity index (χ2v) is 6.59. The van der Waals surface area contributed by atoms with Crippen LogP contribution in [0.4, 0.5) is 14.9 Å². The molecule has 0 aliphatic rings. The molecule has 4 heteroatoms. The Morgan fingerprint density at radius 3 is 2.40 bits per heavy atom. The molecule has 3 nitrogen and oxygen atoms in total. The van der Waals surface area contributed by atoms with Crippen LogP contribution in [0.5, 0.6) is 0 Å². The minimum atomic E-state index is -0.433. The summed E-state index contributed by atoms with van der Waals surface area (Å²) in [5.74, 6) is -0.118. The van der Waals surface area contributed by atoms with Gasteiger partial charge in [-0.2, -0.15) is 0 Å². The van der Waals surface area contributed by atoms with Gasteiger partial charge in [0.1, 0.15) is 5.82 Å². The fourth-order valence-corrected chi connectivity index (χ4v) is 2.60. The van der Waals surface area contributed by atoms with E-state index >= 15 is 0 Å². The zero-order valence-electron chi connectivity index (χ0n) is 15.0. The highest BCUT2D eigenvalue weighted by molar-refractivity contribution is 5.89. The molecule has 0 aliphatic heterocycles. The summed E-state index contributed by atoms with van der Waals surface area (Å²) in [4.78, 5) is 14.3. The van der Waals surface area contributed by atoms with Gasteiger partial charge in [-0.1, -0.05) is 68.0 Å². The first-order valence-electron chi connectivity index (χ1n) is 8.48. The van der Waals surface area contributed by atoms with Crippen LogP contribution in [0, 0.1) is 11.7 Å². The molecule has 0 saturated heterocycles. The lowest BCUT2D eigenvalue weighted by molar-refractivity contribution is 0.209. The first-order chi connectivity index (χ1) is 12.0. The molecule has 0 radical (unpaired) electrons. The SMILES string of the molecule is C/C(=C\c1ccccc1)CN(CC(C)C)C(=O)Nc1ccccc1F. The molecule has 1 N–H and O–H groups in total. The van der Waals surface area contributed by atoms with E-state index in [0.29, 0.717) is 19.0 Å². The Bertz CT molecular complexity index is 726. The van der Waals surface area contributed by atoms with Gasteiger partial charge in [0.2, 0.25) is 0 Å². The van der Waals surface area contributed by atoms with Gasteiger partial charge in [0.05, 0.1) is 5.69 Å². The van der Waals surface area contributed by atoms with Crippen molar-refractivity contribution in [2.45, 2.75) is 20.8 Å². The highest BCUT2D eigenvalue weighted by atomic mass is 19.1. The molecular formula is C21H25FN2O. The molecule has 0 aliphatic carbocycles. The van der Waals surface area contributed by atoms with Crippen molar-refractivity contribution in [2.75, 3.05) is 18.4 Å². The number of hydrogen-bond donors (Lipinski definition) is 1. The average Bonchev–Trinajstić information content (AvgIpc) is 2.56. The minimum absolute atomic E-state index is 0.200. The number of amides is 2. The van der Waals surface area contributed by atoms with Gasteiger partial charge in [-0.3, -0.25) is 0 Å². The predicted octanol–water partition coefficient (Wildman–Crippen LogP) is 5.42. The molecule has 132 valence electrons. The summed E-state index contributed by atoms with van der Waals surface area (Å²) in [5, 5.41) is 2.67. The van der Waals surface area contributed by atoms with Crippen molar-refractivity contribution in [3.05, 3.63) is 71.6 Å². The number of urea groups is 1. The molecule has 25 heavy (non-hydrogen) atoms. The Morgan fingerprint density at radius 1 is 1.12 bits per heavy atom. The van der Waals surface area contributed by atoms with E-state index in [1.807, 2.05) is 37.3 Å². The number of rotatable bonds is 6. The number of halogens is 1. The van der Waals surface area contributed by atoms with Gasteiger partial charge >= 0.3 is 6.03 Å². The lowest BCUT2D eigenvalue weighted by Crippen LogP contribution is -2.38. The third-order valence-corrected chi connectivity index (χ3v) is 3.64. The van der Waals surface area contributed by atoms with Gasteiger partial charge in [0.15, 0.2) is 0 Å². The fourth-order valence-electron chi connectivity index (χ4n) is 2.60. The Morgan fingerprint density at radius 2 is 1.76 bits per heavy atom. The maximum absolute atomic E-state index is 13.8. The second kappa shape index (κ2) is 9.02.